The highest BCUT2D eigenvalue weighted by molar-refractivity contribution is 9.10. The predicted octanol–water partition coefficient (Wildman–Crippen LogP) is 2.08. The Hall–Kier alpha value is -1.07. The highest BCUT2D eigenvalue weighted by Gasteiger charge is 2.18. The zero-order chi connectivity index (χ0) is 12.3. The number of phenolic OH excluding ortho intramolecular Hbond substituents is 1. The summed E-state index contributed by atoms with van der Waals surface area (Å²) in [6.45, 7) is 3.51. The van der Waals surface area contributed by atoms with Crippen molar-refractivity contribution in [3.63, 3.8) is 0 Å². The summed E-state index contributed by atoms with van der Waals surface area (Å²) in [7, 11) is 0. The van der Waals surface area contributed by atoms with Gasteiger partial charge in [0.15, 0.2) is 5.75 Å². The Bertz CT molecular complexity index is 394. The molecule has 0 aliphatic carbocycles. The van der Waals surface area contributed by atoms with Crippen molar-refractivity contribution in [3.8, 4) is 5.75 Å². The predicted molar refractivity (Wildman–Crippen MR) is 67.2 cm³/mol. The van der Waals surface area contributed by atoms with Gasteiger partial charge in [0.2, 0.25) is 5.91 Å². The van der Waals surface area contributed by atoms with Crippen LogP contribution in [0.3, 0.4) is 0 Å². The number of amides is 1. The van der Waals surface area contributed by atoms with Gasteiger partial charge < -0.3 is 16.2 Å². The van der Waals surface area contributed by atoms with Crippen molar-refractivity contribution in [2.45, 2.75) is 19.9 Å². The topological polar surface area (TPSA) is 75.4 Å². The Morgan fingerprint density at radius 1 is 1.50 bits per heavy atom. The van der Waals surface area contributed by atoms with Crippen LogP contribution in [-0.2, 0) is 4.79 Å². The third kappa shape index (κ3) is 2.96. The highest BCUT2D eigenvalue weighted by Crippen LogP contribution is 2.31. The summed E-state index contributed by atoms with van der Waals surface area (Å²) in [6.07, 6.45) is 0. The molecule has 2 unspecified atom stereocenters. The van der Waals surface area contributed by atoms with Crippen molar-refractivity contribution in [1.29, 1.82) is 0 Å². The van der Waals surface area contributed by atoms with Gasteiger partial charge in [-0.1, -0.05) is 13.0 Å². The zero-order valence-corrected chi connectivity index (χ0v) is 10.8. The maximum absolute atomic E-state index is 11.7. The molecule has 0 heterocycles. The third-order valence-electron chi connectivity index (χ3n) is 2.45. The van der Waals surface area contributed by atoms with Gasteiger partial charge in [0.25, 0.3) is 0 Å². The fraction of sp³-hybridized carbons (Fsp3) is 0.364. The zero-order valence-electron chi connectivity index (χ0n) is 9.20. The van der Waals surface area contributed by atoms with Crippen molar-refractivity contribution in [1.82, 2.24) is 0 Å². The molecule has 1 rings (SSSR count). The average Bonchev–Trinajstić information content (AvgIpc) is 2.23. The van der Waals surface area contributed by atoms with Gasteiger partial charge in [-0.05, 0) is 35.0 Å². The number of carbonyl (C=O) groups excluding carboxylic acids is 1. The van der Waals surface area contributed by atoms with Crippen LogP contribution in [0.4, 0.5) is 5.69 Å². The maximum atomic E-state index is 11.7. The molecule has 0 aromatic heterocycles. The molecule has 1 aromatic carbocycles. The number of rotatable bonds is 3. The first-order valence-corrected chi connectivity index (χ1v) is 5.76. The molecule has 1 amide bonds. The molecular formula is C11H15BrN2O2. The number of halogens is 1. The summed E-state index contributed by atoms with van der Waals surface area (Å²) in [5.74, 6) is -0.491. The summed E-state index contributed by atoms with van der Waals surface area (Å²) >= 11 is 3.18. The van der Waals surface area contributed by atoms with Crippen LogP contribution in [0.5, 0.6) is 5.75 Å². The van der Waals surface area contributed by atoms with Crippen LogP contribution in [0.2, 0.25) is 0 Å². The first-order valence-electron chi connectivity index (χ1n) is 4.97. The van der Waals surface area contributed by atoms with E-state index in [-0.39, 0.29) is 23.6 Å². The Balaban J connectivity index is 2.81. The van der Waals surface area contributed by atoms with E-state index in [9.17, 15) is 9.90 Å². The fourth-order valence-corrected chi connectivity index (χ4v) is 1.47. The minimum absolute atomic E-state index is 0.0210. The van der Waals surface area contributed by atoms with Crippen LogP contribution in [0.25, 0.3) is 0 Å². The van der Waals surface area contributed by atoms with Crippen LogP contribution in [0.1, 0.15) is 13.8 Å². The first kappa shape index (κ1) is 13.0. The molecule has 2 atom stereocenters. The lowest BCUT2D eigenvalue weighted by atomic mass is 10.0. The van der Waals surface area contributed by atoms with Gasteiger partial charge in [-0.25, -0.2) is 0 Å². The molecule has 0 saturated carbocycles. The second-order valence-corrected chi connectivity index (χ2v) is 4.63. The summed E-state index contributed by atoms with van der Waals surface area (Å²) in [4.78, 5) is 11.7. The average molecular weight is 287 g/mol. The lowest BCUT2D eigenvalue weighted by Gasteiger charge is -2.16. The molecule has 0 aliphatic heterocycles. The summed E-state index contributed by atoms with van der Waals surface area (Å²) < 4.78 is 0.541. The molecule has 0 radical (unpaired) electrons. The Morgan fingerprint density at radius 3 is 2.69 bits per heavy atom. The molecule has 16 heavy (non-hydrogen) atoms. The van der Waals surface area contributed by atoms with E-state index in [1.165, 1.54) is 0 Å². The number of nitrogens with one attached hydrogen (secondary N) is 1. The highest BCUT2D eigenvalue weighted by atomic mass is 79.9. The molecule has 88 valence electrons. The van der Waals surface area contributed by atoms with E-state index < -0.39 is 0 Å². The minimum atomic E-state index is -0.307. The van der Waals surface area contributed by atoms with Crippen LogP contribution >= 0.6 is 15.9 Å². The number of para-hydroxylation sites is 1. The van der Waals surface area contributed by atoms with Gasteiger partial charge in [0.1, 0.15) is 0 Å². The van der Waals surface area contributed by atoms with Crippen LogP contribution < -0.4 is 11.1 Å². The monoisotopic (exact) mass is 286 g/mol. The molecule has 1 aromatic rings. The maximum Gasteiger partial charge on any atom is 0.228 e. The standard InChI is InChI=1S/C11H15BrN2O2/c1-6(7(2)13)11(16)14-9-5-3-4-8(12)10(9)15/h3-7,15H,13H2,1-2H3,(H,14,16). The van der Waals surface area contributed by atoms with Gasteiger partial charge in [-0.15, -0.1) is 0 Å². The molecule has 4 nitrogen and oxygen atoms in total. The molecule has 5 heteroatoms. The molecule has 0 saturated heterocycles. The lowest BCUT2D eigenvalue weighted by Crippen LogP contribution is -2.34. The van der Waals surface area contributed by atoms with Crippen molar-refractivity contribution in [3.05, 3.63) is 22.7 Å². The molecule has 0 spiro atoms. The fourth-order valence-electron chi connectivity index (χ4n) is 1.10. The number of carbonyl (C=O) groups is 1. The largest absolute Gasteiger partial charge is 0.505 e. The molecule has 0 aliphatic rings. The van der Waals surface area contributed by atoms with Gasteiger partial charge in [0.05, 0.1) is 16.1 Å². The minimum Gasteiger partial charge on any atom is -0.505 e. The van der Waals surface area contributed by atoms with Crippen molar-refractivity contribution >= 4 is 27.5 Å². The number of nitrogens with two attached hydrogens (primary N) is 1. The van der Waals surface area contributed by atoms with Crippen LogP contribution in [0, 0.1) is 5.92 Å². The van der Waals surface area contributed by atoms with E-state index in [1.54, 1.807) is 32.0 Å². The number of benzene rings is 1. The van der Waals surface area contributed by atoms with Crippen LogP contribution in [-0.4, -0.2) is 17.1 Å². The van der Waals surface area contributed by atoms with Gasteiger partial charge >= 0.3 is 0 Å². The van der Waals surface area contributed by atoms with E-state index in [2.05, 4.69) is 21.2 Å². The van der Waals surface area contributed by atoms with Gasteiger partial charge in [0, 0.05) is 6.04 Å². The molecule has 0 fully saturated rings. The molecule has 0 bridgehead atoms. The Kier molecular flexibility index (Phi) is 4.32. The number of phenols is 1. The summed E-state index contributed by atoms with van der Waals surface area (Å²) in [5, 5.41) is 12.3. The molecule has 4 N–H and O–H groups in total. The van der Waals surface area contributed by atoms with E-state index in [1.807, 2.05) is 0 Å². The van der Waals surface area contributed by atoms with E-state index >= 15 is 0 Å². The Morgan fingerprint density at radius 2 is 2.12 bits per heavy atom. The smallest absolute Gasteiger partial charge is 0.228 e. The lowest BCUT2D eigenvalue weighted by molar-refractivity contribution is -0.119. The van der Waals surface area contributed by atoms with Crippen LogP contribution in [0.15, 0.2) is 22.7 Å². The van der Waals surface area contributed by atoms with Gasteiger partial charge in [-0.3, -0.25) is 4.79 Å². The quantitative estimate of drug-likeness (QED) is 0.745. The Labute approximate surface area is 103 Å². The van der Waals surface area contributed by atoms with Crippen molar-refractivity contribution < 1.29 is 9.90 Å². The first-order chi connectivity index (χ1) is 7.43. The van der Waals surface area contributed by atoms with E-state index in [4.69, 9.17) is 5.73 Å². The SMILES string of the molecule is CC(N)C(C)C(=O)Nc1cccc(Br)c1O. The number of hydrogen-bond donors (Lipinski definition) is 3. The number of anilines is 1. The summed E-state index contributed by atoms with van der Waals surface area (Å²) in [5.41, 5.74) is 6.01. The van der Waals surface area contributed by atoms with Gasteiger partial charge in [-0.2, -0.15) is 0 Å². The van der Waals surface area contributed by atoms with Crippen molar-refractivity contribution in [2.24, 2.45) is 11.7 Å². The van der Waals surface area contributed by atoms with E-state index in [0.29, 0.717) is 10.2 Å². The van der Waals surface area contributed by atoms with E-state index in [0.717, 1.165) is 0 Å². The normalized spacial score (nSPS) is 14.2. The van der Waals surface area contributed by atoms with Crippen molar-refractivity contribution in [2.75, 3.05) is 5.32 Å². The second kappa shape index (κ2) is 5.32. The number of hydrogen-bond acceptors (Lipinski definition) is 3. The second-order valence-electron chi connectivity index (χ2n) is 3.77. The summed E-state index contributed by atoms with van der Waals surface area (Å²) in [6, 6.07) is 4.83. The third-order valence-corrected chi connectivity index (χ3v) is 3.09. The number of aromatic hydroxyl groups is 1. The molecular weight excluding hydrogens is 272 g/mol.